The molecule has 0 unspecified atom stereocenters. The minimum absolute atomic E-state index is 0.0796. The molecule has 3 aromatic heterocycles. The van der Waals surface area contributed by atoms with E-state index in [0.29, 0.717) is 0 Å². The monoisotopic (exact) mass is 434 g/mol. The average Bonchev–Trinajstić information content (AvgIpc) is 3.49. The third-order valence-electron chi connectivity index (χ3n) is 5.69. The molecule has 7 heteroatoms. The molecule has 1 N–H and O–H groups in total. The van der Waals surface area contributed by atoms with E-state index in [1.807, 2.05) is 6.07 Å². The Balaban J connectivity index is 1.61. The highest BCUT2D eigenvalue weighted by atomic mass is 32.1. The predicted octanol–water partition coefficient (Wildman–Crippen LogP) is 5.05. The number of hydrogen-bond acceptors (Lipinski definition) is 6. The van der Waals surface area contributed by atoms with Crippen LogP contribution in [0.25, 0.3) is 32.7 Å². The molecule has 1 aliphatic heterocycles. The van der Waals surface area contributed by atoms with Crippen LogP contribution in [0.4, 0.5) is 5.82 Å². The van der Waals surface area contributed by atoms with Gasteiger partial charge >= 0.3 is 0 Å². The van der Waals surface area contributed by atoms with Gasteiger partial charge in [0.2, 0.25) is 5.91 Å². The summed E-state index contributed by atoms with van der Waals surface area (Å²) in [5.74, 6) is 1.98. The minimum atomic E-state index is 0.0796. The fraction of sp³-hybridized carbons (Fsp3) is 0.261. The molecule has 0 radical (unpaired) electrons. The lowest BCUT2D eigenvalue weighted by atomic mass is 9.95. The zero-order chi connectivity index (χ0) is 20.5. The summed E-state index contributed by atoms with van der Waals surface area (Å²) in [6.07, 6.45) is 1.67. The van der Waals surface area contributed by atoms with Crippen LogP contribution in [0.3, 0.4) is 0 Å². The fourth-order valence-corrected chi connectivity index (χ4v) is 5.64. The van der Waals surface area contributed by atoms with Crippen LogP contribution in [0.15, 0.2) is 52.5 Å². The fourth-order valence-electron chi connectivity index (χ4n) is 4.06. The molecule has 5 rings (SSSR count). The first-order valence-electron chi connectivity index (χ1n) is 10.1. The van der Waals surface area contributed by atoms with Gasteiger partial charge in [0.15, 0.2) is 5.82 Å². The smallest absolute Gasteiger partial charge is 0.222 e. The second-order valence-electron chi connectivity index (χ2n) is 7.45. The molecule has 30 heavy (non-hydrogen) atoms. The number of nitrogens with zero attached hydrogens (tertiary/aromatic N) is 3. The van der Waals surface area contributed by atoms with E-state index in [9.17, 15) is 4.79 Å². The molecule has 1 fully saturated rings. The first kappa shape index (κ1) is 19.2. The Morgan fingerprint density at radius 2 is 1.87 bits per heavy atom. The lowest BCUT2D eigenvalue weighted by Crippen LogP contribution is -2.40. The van der Waals surface area contributed by atoms with Gasteiger partial charge in [-0.25, -0.2) is 9.97 Å². The number of nitrogens with one attached hydrogen (secondary N) is 1. The number of carbonyl (C=O) groups is 1. The molecule has 1 amide bonds. The standard InChI is InChI=1S/C23H22N4OS2/c1-24-22(28)16-7-10-27(11-8-16)21-19-18(15-5-3-2-4-6-15)14-30-23(19)26-20(25-21)17-9-12-29-13-17/h2-6,9,12-14,16H,7-8,10-11H2,1H3,(H,24,28). The van der Waals surface area contributed by atoms with Crippen LogP contribution in [0.5, 0.6) is 0 Å². The molecule has 0 saturated carbocycles. The normalized spacial score (nSPS) is 14.9. The van der Waals surface area contributed by atoms with Crippen molar-refractivity contribution in [3.8, 4) is 22.5 Å². The lowest BCUT2D eigenvalue weighted by molar-refractivity contribution is -0.125. The average molecular weight is 435 g/mol. The Bertz CT molecular complexity index is 1160. The van der Waals surface area contributed by atoms with Gasteiger partial charge in [0.05, 0.1) is 5.39 Å². The molecular formula is C23H22N4OS2. The van der Waals surface area contributed by atoms with Crippen molar-refractivity contribution < 1.29 is 4.79 Å². The molecule has 5 nitrogen and oxygen atoms in total. The number of aromatic nitrogens is 2. The van der Waals surface area contributed by atoms with Crippen molar-refractivity contribution in [2.45, 2.75) is 12.8 Å². The highest BCUT2D eigenvalue weighted by Crippen LogP contribution is 2.40. The zero-order valence-corrected chi connectivity index (χ0v) is 18.3. The highest BCUT2D eigenvalue weighted by Gasteiger charge is 2.27. The molecule has 4 aromatic rings. The summed E-state index contributed by atoms with van der Waals surface area (Å²) in [5, 5.41) is 10.2. The molecule has 0 aliphatic carbocycles. The number of hydrogen-bond donors (Lipinski definition) is 1. The van der Waals surface area contributed by atoms with Gasteiger partial charge in [0.1, 0.15) is 10.6 Å². The zero-order valence-electron chi connectivity index (χ0n) is 16.7. The molecule has 152 valence electrons. The first-order valence-corrected chi connectivity index (χ1v) is 11.9. The molecule has 0 bridgehead atoms. The van der Waals surface area contributed by atoms with Gasteiger partial charge in [-0.1, -0.05) is 30.3 Å². The van der Waals surface area contributed by atoms with Crippen molar-refractivity contribution in [2.75, 3.05) is 25.0 Å². The van der Waals surface area contributed by atoms with Crippen LogP contribution in [-0.4, -0.2) is 36.0 Å². The van der Waals surface area contributed by atoms with Crippen LogP contribution < -0.4 is 10.2 Å². The molecule has 1 saturated heterocycles. The summed E-state index contributed by atoms with van der Waals surface area (Å²) in [6.45, 7) is 1.63. The van der Waals surface area contributed by atoms with Crippen molar-refractivity contribution >= 4 is 44.6 Å². The van der Waals surface area contributed by atoms with E-state index in [1.54, 1.807) is 29.7 Å². The van der Waals surface area contributed by atoms with E-state index in [2.05, 4.69) is 56.7 Å². The summed E-state index contributed by atoms with van der Waals surface area (Å²) in [5.41, 5.74) is 3.41. The van der Waals surface area contributed by atoms with Gasteiger partial charge in [-0.05, 0) is 29.9 Å². The highest BCUT2D eigenvalue weighted by molar-refractivity contribution is 7.17. The topological polar surface area (TPSA) is 58.1 Å². The quantitative estimate of drug-likeness (QED) is 0.488. The summed E-state index contributed by atoms with van der Waals surface area (Å²) in [4.78, 5) is 25.4. The van der Waals surface area contributed by atoms with E-state index in [-0.39, 0.29) is 11.8 Å². The largest absolute Gasteiger partial charge is 0.359 e. The van der Waals surface area contributed by atoms with Crippen molar-refractivity contribution in [2.24, 2.45) is 5.92 Å². The van der Waals surface area contributed by atoms with E-state index < -0.39 is 0 Å². The Labute approximate surface area is 183 Å². The minimum Gasteiger partial charge on any atom is -0.359 e. The van der Waals surface area contributed by atoms with Gasteiger partial charge < -0.3 is 10.2 Å². The van der Waals surface area contributed by atoms with E-state index in [4.69, 9.17) is 9.97 Å². The van der Waals surface area contributed by atoms with Crippen molar-refractivity contribution in [3.05, 3.63) is 52.5 Å². The van der Waals surface area contributed by atoms with Crippen LogP contribution in [0.2, 0.25) is 0 Å². The number of amides is 1. The number of piperidine rings is 1. The summed E-state index contributed by atoms with van der Waals surface area (Å²) < 4.78 is 0. The third-order valence-corrected chi connectivity index (χ3v) is 7.25. The van der Waals surface area contributed by atoms with E-state index >= 15 is 0 Å². The second kappa shape index (κ2) is 8.16. The predicted molar refractivity (Wildman–Crippen MR) is 125 cm³/mol. The maximum Gasteiger partial charge on any atom is 0.222 e. The molecular weight excluding hydrogens is 412 g/mol. The molecule has 1 aromatic carbocycles. The number of anilines is 1. The van der Waals surface area contributed by atoms with Gasteiger partial charge in [0, 0.05) is 47.9 Å². The second-order valence-corrected chi connectivity index (χ2v) is 9.09. The van der Waals surface area contributed by atoms with Gasteiger partial charge in [0.25, 0.3) is 0 Å². The van der Waals surface area contributed by atoms with Crippen LogP contribution >= 0.6 is 22.7 Å². The maximum atomic E-state index is 12.1. The molecule has 0 atom stereocenters. The van der Waals surface area contributed by atoms with E-state index in [1.165, 1.54) is 11.1 Å². The molecule has 4 heterocycles. The van der Waals surface area contributed by atoms with Crippen molar-refractivity contribution in [1.82, 2.24) is 15.3 Å². The maximum absolute atomic E-state index is 12.1. The van der Waals surface area contributed by atoms with Gasteiger partial charge in [-0.15, -0.1) is 11.3 Å². The summed E-state index contributed by atoms with van der Waals surface area (Å²) >= 11 is 3.32. The Hall–Kier alpha value is -2.77. The summed E-state index contributed by atoms with van der Waals surface area (Å²) in [7, 11) is 1.72. The molecule has 1 aliphatic rings. The van der Waals surface area contributed by atoms with Crippen molar-refractivity contribution in [1.29, 1.82) is 0 Å². The van der Waals surface area contributed by atoms with E-state index in [0.717, 1.165) is 53.4 Å². The van der Waals surface area contributed by atoms with Crippen LogP contribution in [0.1, 0.15) is 12.8 Å². The third kappa shape index (κ3) is 3.48. The SMILES string of the molecule is CNC(=O)C1CCN(c2nc(-c3ccsc3)nc3scc(-c4ccccc4)c23)CC1. The van der Waals surface area contributed by atoms with Crippen LogP contribution in [-0.2, 0) is 4.79 Å². The number of thiophene rings is 2. The molecule has 0 spiro atoms. The van der Waals surface area contributed by atoms with Gasteiger partial charge in [-0.3, -0.25) is 4.79 Å². The Morgan fingerprint density at radius 3 is 2.57 bits per heavy atom. The number of fused-ring (bicyclic) bond motifs is 1. The number of rotatable bonds is 4. The number of benzene rings is 1. The van der Waals surface area contributed by atoms with Crippen LogP contribution in [0, 0.1) is 5.92 Å². The van der Waals surface area contributed by atoms with Gasteiger partial charge in [-0.2, -0.15) is 11.3 Å². The number of carbonyl (C=O) groups excluding carboxylic acids is 1. The first-order chi connectivity index (χ1) is 14.7. The van der Waals surface area contributed by atoms with Crippen molar-refractivity contribution in [3.63, 3.8) is 0 Å². The Morgan fingerprint density at radius 1 is 1.07 bits per heavy atom. The summed E-state index contributed by atoms with van der Waals surface area (Å²) in [6, 6.07) is 12.5. The Kier molecular flexibility index (Phi) is 5.23. The lowest BCUT2D eigenvalue weighted by Gasteiger charge is -2.32.